The first kappa shape index (κ1) is 11.2. The lowest BCUT2D eigenvalue weighted by Crippen LogP contribution is -2.31. The van der Waals surface area contributed by atoms with Crippen molar-refractivity contribution in [2.45, 2.75) is 12.1 Å². The summed E-state index contributed by atoms with van der Waals surface area (Å²) < 4.78 is 22.5. The summed E-state index contributed by atoms with van der Waals surface area (Å²) in [4.78, 5) is 0. The number of rotatable bonds is 2. The highest BCUT2D eigenvalue weighted by Crippen LogP contribution is 2.19. The average molecular weight is 243 g/mol. The van der Waals surface area contributed by atoms with E-state index in [1.165, 1.54) is 12.1 Å². The van der Waals surface area contributed by atoms with Gasteiger partial charge in [-0.3, -0.25) is 0 Å². The number of hydrogen-bond acceptors (Lipinski definition) is 5. The Morgan fingerprint density at radius 1 is 1.19 bits per heavy atom. The number of aromatic hydroxyl groups is 1. The van der Waals surface area contributed by atoms with Gasteiger partial charge in [0.15, 0.2) is 9.84 Å². The molecule has 0 aromatic heterocycles. The van der Waals surface area contributed by atoms with Crippen molar-refractivity contribution < 1.29 is 18.6 Å². The second kappa shape index (κ2) is 3.95. The molecule has 0 bridgehead atoms. The molecule has 1 aliphatic heterocycles. The maximum absolute atomic E-state index is 11.3. The molecule has 1 fully saturated rings. The van der Waals surface area contributed by atoms with Crippen LogP contribution in [0.4, 0.5) is 5.69 Å². The number of nitrogens with one attached hydrogen (secondary N) is 1. The summed E-state index contributed by atoms with van der Waals surface area (Å²) in [7, 11) is -3.13. The van der Waals surface area contributed by atoms with Gasteiger partial charge in [-0.25, -0.2) is 8.42 Å². The van der Waals surface area contributed by atoms with Crippen molar-refractivity contribution in [2.24, 2.45) is 0 Å². The van der Waals surface area contributed by atoms with Gasteiger partial charge in [-0.1, -0.05) is 0 Å². The third-order valence-corrected chi connectivity index (χ3v) is 4.26. The number of sulfone groups is 1. The first-order valence-electron chi connectivity index (χ1n) is 4.90. The number of benzene rings is 1. The van der Waals surface area contributed by atoms with E-state index in [1.807, 2.05) is 0 Å². The zero-order valence-corrected chi connectivity index (χ0v) is 9.31. The van der Waals surface area contributed by atoms with Gasteiger partial charge < -0.3 is 15.5 Å². The SMILES string of the molecule is O=S1(=O)C[C@H](O)[C@H](Nc2ccc(O)cc2)C1. The average Bonchev–Trinajstić information content (AvgIpc) is 2.44. The maximum atomic E-state index is 11.3. The summed E-state index contributed by atoms with van der Waals surface area (Å²) in [6, 6.07) is 5.78. The fourth-order valence-corrected chi connectivity index (χ4v) is 3.48. The molecule has 0 spiro atoms. The van der Waals surface area contributed by atoms with Crippen LogP contribution < -0.4 is 5.32 Å². The minimum absolute atomic E-state index is 0.0605. The molecule has 0 unspecified atom stereocenters. The highest BCUT2D eigenvalue weighted by Gasteiger charge is 2.36. The quantitative estimate of drug-likeness (QED) is 0.635. The number of hydrogen-bond donors (Lipinski definition) is 3. The molecule has 2 atom stereocenters. The summed E-state index contributed by atoms with van der Waals surface area (Å²) in [6.45, 7) is 0. The summed E-state index contributed by atoms with van der Waals surface area (Å²) in [6.07, 6.45) is -0.876. The molecule has 5 nitrogen and oxygen atoms in total. The van der Waals surface area contributed by atoms with E-state index in [0.29, 0.717) is 5.69 Å². The largest absolute Gasteiger partial charge is 0.508 e. The van der Waals surface area contributed by atoms with Gasteiger partial charge in [-0.2, -0.15) is 0 Å². The summed E-state index contributed by atoms with van der Waals surface area (Å²) >= 11 is 0. The summed E-state index contributed by atoms with van der Waals surface area (Å²) in [5.41, 5.74) is 0.680. The molecule has 16 heavy (non-hydrogen) atoms. The first-order chi connectivity index (χ1) is 7.46. The highest BCUT2D eigenvalue weighted by molar-refractivity contribution is 7.91. The molecule has 1 heterocycles. The van der Waals surface area contributed by atoms with Gasteiger partial charge in [-0.05, 0) is 24.3 Å². The molecule has 0 amide bonds. The Morgan fingerprint density at radius 2 is 1.81 bits per heavy atom. The molecular formula is C10H13NO4S. The first-order valence-corrected chi connectivity index (χ1v) is 6.72. The van der Waals surface area contributed by atoms with Crippen molar-refractivity contribution in [3.05, 3.63) is 24.3 Å². The Hall–Kier alpha value is -1.27. The molecule has 3 N–H and O–H groups in total. The predicted molar refractivity (Wildman–Crippen MR) is 60.2 cm³/mol. The fourth-order valence-electron chi connectivity index (χ4n) is 1.74. The van der Waals surface area contributed by atoms with Gasteiger partial charge in [0.05, 0.1) is 23.7 Å². The highest BCUT2D eigenvalue weighted by atomic mass is 32.2. The Bertz CT molecular complexity index is 468. The Labute approximate surface area is 93.6 Å². The van der Waals surface area contributed by atoms with Crippen LogP contribution in [0.5, 0.6) is 5.75 Å². The number of phenolic OH excluding ortho intramolecular Hbond substituents is 1. The lowest BCUT2D eigenvalue weighted by molar-refractivity contribution is 0.190. The molecule has 0 radical (unpaired) electrons. The summed E-state index contributed by atoms with van der Waals surface area (Å²) in [5, 5.41) is 21.6. The topological polar surface area (TPSA) is 86.6 Å². The van der Waals surface area contributed by atoms with Crippen molar-refractivity contribution in [3.8, 4) is 5.75 Å². The third-order valence-electron chi connectivity index (χ3n) is 2.54. The van der Waals surface area contributed by atoms with E-state index in [9.17, 15) is 13.5 Å². The van der Waals surface area contributed by atoms with Gasteiger partial charge in [-0.15, -0.1) is 0 Å². The molecule has 6 heteroatoms. The number of aliphatic hydroxyl groups excluding tert-OH is 1. The lowest BCUT2D eigenvalue weighted by Gasteiger charge is -2.16. The third kappa shape index (κ3) is 2.45. The minimum Gasteiger partial charge on any atom is -0.508 e. The smallest absolute Gasteiger partial charge is 0.155 e. The van der Waals surface area contributed by atoms with E-state index in [1.54, 1.807) is 12.1 Å². The van der Waals surface area contributed by atoms with Crippen LogP contribution in [0.2, 0.25) is 0 Å². The van der Waals surface area contributed by atoms with Gasteiger partial charge in [0.1, 0.15) is 5.75 Å². The van der Waals surface area contributed by atoms with E-state index in [-0.39, 0.29) is 17.3 Å². The molecular weight excluding hydrogens is 230 g/mol. The van der Waals surface area contributed by atoms with Gasteiger partial charge in [0, 0.05) is 5.69 Å². The second-order valence-electron chi connectivity index (χ2n) is 3.94. The number of anilines is 1. The molecule has 1 saturated heterocycles. The van der Waals surface area contributed by atoms with E-state index in [0.717, 1.165) is 0 Å². The van der Waals surface area contributed by atoms with Crippen LogP contribution in [0.1, 0.15) is 0 Å². The standard InChI is InChI=1S/C10H13NO4S/c12-8-3-1-7(2-4-8)11-9-5-16(14,15)6-10(9)13/h1-4,9-13H,5-6H2/t9-,10+/m1/s1. The van der Waals surface area contributed by atoms with Crippen molar-refractivity contribution >= 4 is 15.5 Å². The lowest BCUT2D eigenvalue weighted by atomic mass is 10.2. The van der Waals surface area contributed by atoms with Gasteiger partial charge in [0.2, 0.25) is 0 Å². The molecule has 2 rings (SSSR count). The number of phenols is 1. The van der Waals surface area contributed by atoms with E-state index in [4.69, 9.17) is 5.11 Å². The molecule has 1 aliphatic rings. The van der Waals surface area contributed by atoms with Crippen LogP contribution >= 0.6 is 0 Å². The second-order valence-corrected chi connectivity index (χ2v) is 6.10. The Balaban J connectivity index is 2.08. The van der Waals surface area contributed by atoms with Crippen molar-refractivity contribution in [1.82, 2.24) is 0 Å². The monoisotopic (exact) mass is 243 g/mol. The van der Waals surface area contributed by atoms with Crippen LogP contribution in [0.3, 0.4) is 0 Å². The van der Waals surface area contributed by atoms with Crippen molar-refractivity contribution in [2.75, 3.05) is 16.8 Å². The van der Waals surface area contributed by atoms with E-state index < -0.39 is 22.0 Å². The molecule has 0 saturated carbocycles. The fraction of sp³-hybridized carbons (Fsp3) is 0.400. The zero-order chi connectivity index (χ0) is 11.8. The van der Waals surface area contributed by atoms with Crippen LogP contribution in [0.25, 0.3) is 0 Å². The van der Waals surface area contributed by atoms with Crippen LogP contribution in [0, 0.1) is 0 Å². The molecule has 88 valence electrons. The number of aliphatic hydroxyl groups is 1. The zero-order valence-electron chi connectivity index (χ0n) is 8.50. The van der Waals surface area contributed by atoms with Crippen molar-refractivity contribution in [1.29, 1.82) is 0 Å². The molecule has 1 aromatic rings. The normalized spacial score (nSPS) is 27.8. The summed E-state index contributed by atoms with van der Waals surface area (Å²) in [5.74, 6) is -0.109. The molecule has 1 aromatic carbocycles. The van der Waals surface area contributed by atoms with E-state index >= 15 is 0 Å². The van der Waals surface area contributed by atoms with Crippen LogP contribution in [-0.2, 0) is 9.84 Å². The maximum Gasteiger partial charge on any atom is 0.155 e. The van der Waals surface area contributed by atoms with Crippen LogP contribution in [-0.4, -0.2) is 42.3 Å². The molecule has 0 aliphatic carbocycles. The Morgan fingerprint density at radius 3 is 2.31 bits per heavy atom. The predicted octanol–water partition coefficient (Wildman–Crippen LogP) is -0.0380. The van der Waals surface area contributed by atoms with Crippen LogP contribution in [0.15, 0.2) is 24.3 Å². The van der Waals surface area contributed by atoms with E-state index in [2.05, 4.69) is 5.32 Å². The van der Waals surface area contributed by atoms with Gasteiger partial charge >= 0.3 is 0 Å². The minimum atomic E-state index is -3.13. The van der Waals surface area contributed by atoms with Gasteiger partial charge in [0.25, 0.3) is 0 Å². The van der Waals surface area contributed by atoms with Crippen molar-refractivity contribution in [3.63, 3.8) is 0 Å². The Kier molecular flexibility index (Phi) is 2.77.